The van der Waals surface area contributed by atoms with Gasteiger partial charge in [0.25, 0.3) is 5.91 Å². The van der Waals surface area contributed by atoms with Crippen molar-refractivity contribution in [3.8, 4) is 0 Å². The Bertz CT molecular complexity index is 363. The number of rotatable bonds is 3. The SMILES string of the molecule is C=CCNC(=O)c1ccc(N)c(Br)c1. The van der Waals surface area contributed by atoms with Crippen LogP contribution < -0.4 is 11.1 Å². The van der Waals surface area contributed by atoms with Crippen molar-refractivity contribution in [1.82, 2.24) is 5.32 Å². The Morgan fingerprint density at radius 1 is 1.64 bits per heavy atom. The third-order valence-corrected chi connectivity index (χ3v) is 2.36. The number of carbonyl (C=O) groups excluding carboxylic acids is 1. The van der Waals surface area contributed by atoms with Gasteiger partial charge >= 0.3 is 0 Å². The first kappa shape index (κ1) is 10.8. The number of hydrogen-bond acceptors (Lipinski definition) is 2. The minimum atomic E-state index is -0.134. The predicted octanol–water partition coefficient (Wildman–Crippen LogP) is 1.95. The quantitative estimate of drug-likeness (QED) is 0.640. The average molecular weight is 255 g/mol. The fraction of sp³-hybridized carbons (Fsp3) is 0.100. The molecule has 0 fully saturated rings. The van der Waals surface area contributed by atoms with E-state index in [0.29, 0.717) is 17.8 Å². The number of benzene rings is 1. The van der Waals surface area contributed by atoms with Crippen LogP contribution in [-0.2, 0) is 0 Å². The summed E-state index contributed by atoms with van der Waals surface area (Å²) in [5.41, 5.74) is 6.79. The lowest BCUT2D eigenvalue weighted by Crippen LogP contribution is -2.23. The van der Waals surface area contributed by atoms with Crippen LogP contribution in [0.1, 0.15) is 10.4 Å². The van der Waals surface area contributed by atoms with Gasteiger partial charge in [-0.15, -0.1) is 6.58 Å². The molecule has 0 bridgehead atoms. The van der Waals surface area contributed by atoms with Crippen LogP contribution in [0.3, 0.4) is 0 Å². The molecule has 0 saturated carbocycles. The molecular weight excluding hydrogens is 244 g/mol. The van der Waals surface area contributed by atoms with Crippen molar-refractivity contribution >= 4 is 27.5 Å². The van der Waals surface area contributed by atoms with E-state index in [0.717, 1.165) is 4.47 Å². The highest BCUT2D eigenvalue weighted by molar-refractivity contribution is 9.10. The molecule has 0 aliphatic heterocycles. The Labute approximate surface area is 91.1 Å². The van der Waals surface area contributed by atoms with Crippen LogP contribution in [0.25, 0.3) is 0 Å². The van der Waals surface area contributed by atoms with Crippen molar-refractivity contribution in [2.75, 3.05) is 12.3 Å². The van der Waals surface area contributed by atoms with E-state index >= 15 is 0 Å². The molecule has 0 aromatic heterocycles. The van der Waals surface area contributed by atoms with E-state index in [1.54, 1.807) is 24.3 Å². The molecule has 0 saturated heterocycles. The number of anilines is 1. The van der Waals surface area contributed by atoms with E-state index < -0.39 is 0 Å². The van der Waals surface area contributed by atoms with Gasteiger partial charge in [-0.1, -0.05) is 6.08 Å². The molecule has 3 nitrogen and oxygen atoms in total. The number of nitrogens with two attached hydrogens (primary N) is 1. The number of halogens is 1. The Morgan fingerprint density at radius 2 is 2.36 bits per heavy atom. The molecule has 0 heterocycles. The summed E-state index contributed by atoms with van der Waals surface area (Å²) in [6.45, 7) is 3.97. The number of hydrogen-bond donors (Lipinski definition) is 2. The Hall–Kier alpha value is -1.29. The molecule has 1 aromatic rings. The Balaban J connectivity index is 2.80. The summed E-state index contributed by atoms with van der Waals surface area (Å²) in [6.07, 6.45) is 1.63. The van der Waals surface area contributed by atoms with Crippen molar-refractivity contribution in [1.29, 1.82) is 0 Å². The number of nitrogens with one attached hydrogen (secondary N) is 1. The van der Waals surface area contributed by atoms with Gasteiger partial charge in [0.05, 0.1) is 0 Å². The highest BCUT2D eigenvalue weighted by atomic mass is 79.9. The lowest BCUT2D eigenvalue weighted by Gasteiger charge is -2.04. The molecule has 74 valence electrons. The summed E-state index contributed by atoms with van der Waals surface area (Å²) in [7, 11) is 0. The molecule has 0 spiro atoms. The van der Waals surface area contributed by atoms with Crippen molar-refractivity contribution in [3.63, 3.8) is 0 Å². The molecule has 14 heavy (non-hydrogen) atoms. The Kier molecular flexibility index (Phi) is 3.71. The van der Waals surface area contributed by atoms with Crippen LogP contribution in [0.5, 0.6) is 0 Å². The molecule has 0 radical (unpaired) electrons. The summed E-state index contributed by atoms with van der Waals surface area (Å²) < 4.78 is 0.726. The first-order valence-electron chi connectivity index (χ1n) is 4.09. The minimum absolute atomic E-state index is 0.134. The fourth-order valence-corrected chi connectivity index (χ4v) is 1.31. The van der Waals surface area contributed by atoms with Gasteiger partial charge in [0, 0.05) is 22.3 Å². The summed E-state index contributed by atoms with van der Waals surface area (Å²) in [5, 5.41) is 2.68. The number of nitrogen functional groups attached to an aromatic ring is 1. The van der Waals surface area contributed by atoms with Gasteiger partial charge in [-0.3, -0.25) is 4.79 Å². The molecule has 1 amide bonds. The van der Waals surface area contributed by atoms with Crippen LogP contribution in [-0.4, -0.2) is 12.5 Å². The lowest BCUT2D eigenvalue weighted by molar-refractivity contribution is 0.0958. The van der Waals surface area contributed by atoms with Crippen molar-refractivity contribution in [2.45, 2.75) is 0 Å². The van der Waals surface area contributed by atoms with E-state index in [-0.39, 0.29) is 5.91 Å². The van der Waals surface area contributed by atoms with Crippen LogP contribution in [0.2, 0.25) is 0 Å². The lowest BCUT2D eigenvalue weighted by atomic mass is 10.2. The minimum Gasteiger partial charge on any atom is -0.398 e. The molecule has 3 N–H and O–H groups in total. The van der Waals surface area contributed by atoms with E-state index in [4.69, 9.17) is 5.73 Å². The van der Waals surface area contributed by atoms with Crippen LogP contribution >= 0.6 is 15.9 Å². The highest BCUT2D eigenvalue weighted by Gasteiger charge is 2.05. The van der Waals surface area contributed by atoms with E-state index in [9.17, 15) is 4.79 Å². The summed E-state index contributed by atoms with van der Waals surface area (Å²) >= 11 is 3.26. The fourth-order valence-electron chi connectivity index (χ4n) is 0.935. The van der Waals surface area contributed by atoms with Crippen LogP contribution in [0.15, 0.2) is 35.3 Å². The van der Waals surface area contributed by atoms with E-state index in [1.807, 2.05) is 0 Å². The predicted molar refractivity (Wildman–Crippen MR) is 61.1 cm³/mol. The maximum atomic E-state index is 11.4. The zero-order valence-electron chi connectivity index (χ0n) is 7.59. The third-order valence-electron chi connectivity index (χ3n) is 1.67. The van der Waals surface area contributed by atoms with Gasteiger partial charge in [0.2, 0.25) is 0 Å². The van der Waals surface area contributed by atoms with Crippen LogP contribution in [0.4, 0.5) is 5.69 Å². The zero-order valence-corrected chi connectivity index (χ0v) is 9.17. The number of amides is 1. The van der Waals surface area contributed by atoms with Gasteiger partial charge in [-0.05, 0) is 34.1 Å². The van der Waals surface area contributed by atoms with Gasteiger partial charge in [-0.2, -0.15) is 0 Å². The molecule has 4 heteroatoms. The summed E-state index contributed by atoms with van der Waals surface area (Å²) in [4.78, 5) is 11.4. The zero-order chi connectivity index (χ0) is 10.6. The molecule has 1 aromatic carbocycles. The standard InChI is InChI=1S/C10H11BrN2O/c1-2-5-13-10(14)7-3-4-9(12)8(11)6-7/h2-4,6H,1,5,12H2,(H,13,14). The van der Waals surface area contributed by atoms with Crippen molar-refractivity contribution in [3.05, 3.63) is 40.9 Å². The second-order valence-electron chi connectivity index (χ2n) is 2.73. The second kappa shape index (κ2) is 4.81. The molecule has 0 atom stereocenters. The van der Waals surface area contributed by atoms with E-state index in [1.165, 1.54) is 0 Å². The first-order valence-corrected chi connectivity index (χ1v) is 4.88. The Morgan fingerprint density at radius 3 is 2.93 bits per heavy atom. The smallest absolute Gasteiger partial charge is 0.251 e. The molecule has 1 rings (SSSR count). The number of carbonyl (C=O) groups is 1. The molecule has 0 aliphatic rings. The van der Waals surface area contributed by atoms with Gasteiger partial charge in [-0.25, -0.2) is 0 Å². The van der Waals surface area contributed by atoms with Gasteiger partial charge < -0.3 is 11.1 Å². The van der Waals surface area contributed by atoms with Gasteiger partial charge in [0.1, 0.15) is 0 Å². The van der Waals surface area contributed by atoms with Gasteiger partial charge in [0.15, 0.2) is 0 Å². The topological polar surface area (TPSA) is 55.1 Å². The monoisotopic (exact) mass is 254 g/mol. The summed E-state index contributed by atoms with van der Waals surface area (Å²) in [6, 6.07) is 5.05. The molecular formula is C10H11BrN2O. The largest absolute Gasteiger partial charge is 0.398 e. The highest BCUT2D eigenvalue weighted by Crippen LogP contribution is 2.20. The van der Waals surface area contributed by atoms with E-state index in [2.05, 4.69) is 27.8 Å². The molecule has 0 unspecified atom stereocenters. The third kappa shape index (κ3) is 2.60. The van der Waals surface area contributed by atoms with Crippen LogP contribution in [0, 0.1) is 0 Å². The normalized spacial score (nSPS) is 9.50. The average Bonchev–Trinajstić information content (AvgIpc) is 2.18. The van der Waals surface area contributed by atoms with Crippen molar-refractivity contribution in [2.24, 2.45) is 0 Å². The maximum absolute atomic E-state index is 11.4. The van der Waals surface area contributed by atoms with Crippen molar-refractivity contribution < 1.29 is 4.79 Å². The molecule has 0 aliphatic carbocycles. The maximum Gasteiger partial charge on any atom is 0.251 e. The second-order valence-corrected chi connectivity index (χ2v) is 3.59. The first-order chi connectivity index (χ1) is 6.65. The summed E-state index contributed by atoms with van der Waals surface area (Å²) in [5.74, 6) is -0.134.